The molecule has 19 heavy (non-hydrogen) atoms. The molecule has 3 nitrogen and oxygen atoms in total. The first kappa shape index (κ1) is 13.2. The predicted octanol–water partition coefficient (Wildman–Crippen LogP) is 2.85. The van der Waals surface area contributed by atoms with Crippen LogP contribution in [0.1, 0.15) is 21.5 Å². The fourth-order valence-electron chi connectivity index (χ4n) is 1.77. The molecule has 0 fully saturated rings. The molecule has 2 aromatic carbocycles. The molecule has 0 saturated carbocycles. The first-order valence-electron chi connectivity index (χ1n) is 5.97. The molecular formula is C15H15FN2O. The lowest BCUT2D eigenvalue weighted by molar-refractivity contribution is 0.102. The lowest BCUT2D eigenvalue weighted by Gasteiger charge is -2.09. The minimum atomic E-state index is -0.438. The molecule has 4 heteroatoms. The van der Waals surface area contributed by atoms with Gasteiger partial charge in [-0.2, -0.15) is 0 Å². The SMILES string of the molecule is Cc1cccc(F)c1NC(=O)c1ccc(CN)cc1. The van der Waals surface area contributed by atoms with E-state index in [2.05, 4.69) is 5.32 Å². The predicted molar refractivity (Wildman–Crippen MR) is 73.4 cm³/mol. The van der Waals surface area contributed by atoms with E-state index in [9.17, 15) is 9.18 Å². The average Bonchev–Trinajstić information content (AvgIpc) is 2.43. The highest BCUT2D eigenvalue weighted by atomic mass is 19.1. The molecule has 0 unspecified atom stereocenters. The van der Waals surface area contributed by atoms with Gasteiger partial charge >= 0.3 is 0 Å². The van der Waals surface area contributed by atoms with Crippen LogP contribution < -0.4 is 11.1 Å². The number of carbonyl (C=O) groups excluding carboxylic acids is 1. The van der Waals surface area contributed by atoms with Crippen molar-refractivity contribution in [2.75, 3.05) is 5.32 Å². The molecule has 2 rings (SSSR count). The largest absolute Gasteiger partial charge is 0.326 e. The van der Waals surface area contributed by atoms with Gasteiger partial charge in [-0.05, 0) is 36.2 Å². The van der Waals surface area contributed by atoms with Gasteiger partial charge in [-0.3, -0.25) is 4.79 Å². The van der Waals surface area contributed by atoms with Gasteiger partial charge in [-0.1, -0.05) is 24.3 Å². The van der Waals surface area contributed by atoms with Crippen molar-refractivity contribution in [1.29, 1.82) is 0 Å². The molecule has 0 atom stereocenters. The molecule has 0 radical (unpaired) electrons. The summed E-state index contributed by atoms with van der Waals surface area (Å²) in [6.45, 7) is 2.17. The number of halogens is 1. The van der Waals surface area contributed by atoms with Crippen molar-refractivity contribution in [1.82, 2.24) is 0 Å². The van der Waals surface area contributed by atoms with E-state index >= 15 is 0 Å². The average molecular weight is 258 g/mol. The van der Waals surface area contributed by atoms with Crippen LogP contribution in [0.2, 0.25) is 0 Å². The number of hydrogen-bond acceptors (Lipinski definition) is 2. The molecule has 0 heterocycles. The van der Waals surface area contributed by atoms with E-state index in [0.29, 0.717) is 17.7 Å². The molecule has 98 valence electrons. The number of hydrogen-bond donors (Lipinski definition) is 2. The summed E-state index contributed by atoms with van der Waals surface area (Å²) in [5.41, 5.74) is 7.81. The molecular weight excluding hydrogens is 243 g/mol. The Balaban J connectivity index is 2.20. The summed E-state index contributed by atoms with van der Waals surface area (Å²) < 4.78 is 13.6. The van der Waals surface area contributed by atoms with E-state index in [-0.39, 0.29) is 11.6 Å². The van der Waals surface area contributed by atoms with Crippen LogP contribution in [0.15, 0.2) is 42.5 Å². The van der Waals surface area contributed by atoms with Crippen molar-refractivity contribution >= 4 is 11.6 Å². The maximum Gasteiger partial charge on any atom is 0.255 e. The topological polar surface area (TPSA) is 55.1 Å². The van der Waals surface area contributed by atoms with E-state index in [1.54, 1.807) is 43.3 Å². The van der Waals surface area contributed by atoms with Gasteiger partial charge in [0, 0.05) is 12.1 Å². The van der Waals surface area contributed by atoms with Crippen LogP contribution in [0.25, 0.3) is 0 Å². The second-order valence-electron chi connectivity index (χ2n) is 4.29. The van der Waals surface area contributed by atoms with Crippen molar-refractivity contribution in [3.8, 4) is 0 Å². The van der Waals surface area contributed by atoms with Crippen LogP contribution >= 0.6 is 0 Å². The van der Waals surface area contributed by atoms with Crippen molar-refractivity contribution in [2.45, 2.75) is 13.5 Å². The Kier molecular flexibility index (Phi) is 3.92. The van der Waals surface area contributed by atoms with Gasteiger partial charge in [0.1, 0.15) is 5.82 Å². The second kappa shape index (κ2) is 5.63. The van der Waals surface area contributed by atoms with Crippen molar-refractivity contribution in [2.24, 2.45) is 5.73 Å². The van der Waals surface area contributed by atoms with Gasteiger partial charge in [0.2, 0.25) is 0 Å². The highest BCUT2D eigenvalue weighted by molar-refractivity contribution is 6.04. The number of aryl methyl sites for hydroxylation is 1. The summed E-state index contributed by atoms with van der Waals surface area (Å²) in [6, 6.07) is 11.6. The maximum absolute atomic E-state index is 13.6. The van der Waals surface area contributed by atoms with Crippen LogP contribution in [0.3, 0.4) is 0 Å². The Bertz CT molecular complexity index is 573. The lowest BCUT2D eigenvalue weighted by atomic mass is 10.1. The van der Waals surface area contributed by atoms with Crippen LogP contribution in [-0.2, 0) is 6.54 Å². The van der Waals surface area contributed by atoms with Gasteiger partial charge in [-0.25, -0.2) is 4.39 Å². The standard InChI is InChI=1S/C15H15FN2O/c1-10-3-2-4-13(16)14(10)18-15(19)12-7-5-11(9-17)6-8-12/h2-8H,9,17H2,1H3,(H,18,19). The monoisotopic (exact) mass is 258 g/mol. The van der Waals surface area contributed by atoms with E-state index in [4.69, 9.17) is 5.73 Å². The van der Waals surface area contributed by atoms with E-state index in [1.165, 1.54) is 6.07 Å². The van der Waals surface area contributed by atoms with Gasteiger partial charge in [0.25, 0.3) is 5.91 Å². The first-order valence-corrected chi connectivity index (χ1v) is 5.97. The zero-order valence-corrected chi connectivity index (χ0v) is 10.6. The quantitative estimate of drug-likeness (QED) is 0.889. The molecule has 0 saturated heterocycles. The Hall–Kier alpha value is -2.20. The number of nitrogens with two attached hydrogens (primary N) is 1. The number of anilines is 1. The molecule has 2 aromatic rings. The third-order valence-corrected chi connectivity index (χ3v) is 2.91. The van der Waals surface area contributed by atoms with Crippen molar-refractivity contribution < 1.29 is 9.18 Å². The Morgan fingerprint density at radius 2 is 1.89 bits per heavy atom. The van der Waals surface area contributed by atoms with Gasteiger partial charge < -0.3 is 11.1 Å². The fraction of sp³-hybridized carbons (Fsp3) is 0.133. The van der Waals surface area contributed by atoms with Gasteiger partial charge in [0.05, 0.1) is 5.69 Å². The number of para-hydroxylation sites is 1. The summed E-state index contributed by atoms with van der Waals surface area (Å²) in [7, 11) is 0. The first-order chi connectivity index (χ1) is 9.11. The minimum absolute atomic E-state index is 0.218. The normalized spacial score (nSPS) is 10.3. The van der Waals surface area contributed by atoms with Crippen LogP contribution in [0.4, 0.5) is 10.1 Å². The minimum Gasteiger partial charge on any atom is -0.326 e. The number of nitrogens with one attached hydrogen (secondary N) is 1. The Morgan fingerprint density at radius 1 is 1.21 bits per heavy atom. The number of amides is 1. The molecule has 0 aromatic heterocycles. The van der Waals surface area contributed by atoms with Crippen molar-refractivity contribution in [3.63, 3.8) is 0 Å². The van der Waals surface area contributed by atoms with Crippen LogP contribution in [0.5, 0.6) is 0 Å². The Morgan fingerprint density at radius 3 is 2.47 bits per heavy atom. The van der Waals surface area contributed by atoms with Crippen LogP contribution in [0, 0.1) is 12.7 Å². The molecule has 0 spiro atoms. The summed E-state index contributed by atoms with van der Waals surface area (Å²) in [5.74, 6) is -0.774. The third-order valence-electron chi connectivity index (χ3n) is 2.91. The summed E-state index contributed by atoms with van der Waals surface area (Å²) >= 11 is 0. The number of carbonyl (C=O) groups is 1. The fourth-order valence-corrected chi connectivity index (χ4v) is 1.77. The summed E-state index contributed by atoms with van der Waals surface area (Å²) in [5, 5.41) is 2.59. The molecule has 1 amide bonds. The number of rotatable bonds is 3. The van der Waals surface area contributed by atoms with Gasteiger partial charge in [-0.15, -0.1) is 0 Å². The van der Waals surface area contributed by atoms with Crippen LogP contribution in [-0.4, -0.2) is 5.91 Å². The Labute approximate surface area is 111 Å². The molecule has 0 aliphatic carbocycles. The maximum atomic E-state index is 13.6. The van der Waals surface area contributed by atoms with E-state index in [0.717, 1.165) is 5.56 Å². The molecule has 0 aliphatic heterocycles. The molecule has 0 bridgehead atoms. The highest BCUT2D eigenvalue weighted by Crippen LogP contribution is 2.19. The van der Waals surface area contributed by atoms with Gasteiger partial charge in [0.15, 0.2) is 0 Å². The van der Waals surface area contributed by atoms with Crippen molar-refractivity contribution in [3.05, 3.63) is 65.0 Å². The second-order valence-corrected chi connectivity index (χ2v) is 4.29. The number of benzene rings is 2. The highest BCUT2D eigenvalue weighted by Gasteiger charge is 2.11. The zero-order chi connectivity index (χ0) is 13.8. The van der Waals surface area contributed by atoms with E-state index < -0.39 is 5.82 Å². The smallest absolute Gasteiger partial charge is 0.255 e. The molecule has 3 N–H and O–H groups in total. The van der Waals surface area contributed by atoms with E-state index in [1.807, 2.05) is 0 Å². The zero-order valence-electron chi connectivity index (χ0n) is 10.6. The third kappa shape index (κ3) is 2.98. The summed E-state index contributed by atoms with van der Waals surface area (Å²) in [6.07, 6.45) is 0. The summed E-state index contributed by atoms with van der Waals surface area (Å²) in [4.78, 5) is 12.0. The lowest BCUT2D eigenvalue weighted by Crippen LogP contribution is -2.14. The molecule has 0 aliphatic rings.